The van der Waals surface area contributed by atoms with Crippen LogP contribution in [0.5, 0.6) is 0 Å². The van der Waals surface area contributed by atoms with Gasteiger partial charge in [0.25, 0.3) is 0 Å². The van der Waals surface area contributed by atoms with E-state index in [1.165, 1.54) is 11.1 Å². The zero-order valence-electron chi connectivity index (χ0n) is 8.47. The Morgan fingerprint density at radius 1 is 1.00 bits per heavy atom. The van der Waals surface area contributed by atoms with Gasteiger partial charge >= 0.3 is 0 Å². The third kappa shape index (κ3) is 1.61. The Balaban J connectivity index is 2.19. The van der Waals surface area contributed by atoms with Crippen LogP contribution in [0.1, 0.15) is 0 Å². The number of aromatic nitrogens is 2. The maximum absolute atomic E-state index is 4.36. The van der Waals surface area contributed by atoms with Crippen molar-refractivity contribution in [1.29, 1.82) is 0 Å². The molecule has 0 aliphatic carbocycles. The molecule has 0 bridgehead atoms. The van der Waals surface area contributed by atoms with Crippen LogP contribution in [0.4, 0.5) is 0 Å². The minimum absolute atomic E-state index is 0.991. The van der Waals surface area contributed by atoms with Gasteiger partial charge in [0, 0.05) is 6.20 Å². The summed E-state index contributed by atoms with van der Waals surface area (Å²) < 4.78 is 3.21. The number of imidazole rings is 1. The van der Waals surface area contributed by atoms with E-state index in [1.807, 2.05) is 12.3 Å². The molecule has 78 valence electrons. The van der Waals surface area contributed by atoms with Gasteiger partial charge in [0.15, 0.2) is 0 Å². The Labute approximate surface area is 107 Å². The summed E-state index contributed by atoms with van der Waals surface area (Å²) in [5.74, 6) is 0. The van der Waals surface area contributed by atoms with Crippen LogP contribution in [0.25, 0.3) is 16.8 Å². The lowest BCUT2D eigenvalue weighted by atomic mass is 10.1. The van der Waals surface area contributed by atoms with Gasteiger partial charge in [0.05, 0.1) is 6.20 Å². The van der Waals surface area contributed by atoms with E-state index in [1.54, 1.807) is 0 Å². The first-order chi connectivity index (χ1) is 7.84. The van der Waals surface area contributed by atoms with Crippen LogP contribution in [0, 0.1) is 3.70 Å². The number of halogens is 1. The van der Waals surface area contributed by atoms with E-state index in [0.29, 0.717) is 0 Å². The SMILES string of the molecule is Ic1cnc2cc(-c3ccccc3)ccn12. The summed E-state index contributed by atoms with van der Waals surface area (Å²) in [6, 6.07) is 14.6. The predicted octanol–water partition coefficient (Wildman–Crippen LogP) is 3.61. The van der Waals surface area contributed by atoms with Gasteiger partial charge in [0.1, 0.15) is 9.35 Å². The molecule has 0 amide bonds. The smallest absolute Gasteiger partial charge is 0.138 e. The van der Waals surface area contributed by atoms with E-state index >= 15 is 0 Å². The summed E-state index contributed by atoms with van der Waals surface area (Å²) in [7, 11) is 0. The number of benzene rings is 1. The Morgan fingerprint density at radius 2 is 1.81 bits per heavy atom. The predicted molar refractivity (Wildman–Crippen MR) is 73.3 cm³/mol. The second-order valence-corrected chi connectivity index (χ2v) is 4.70. The summed E-state index contributed by atoms with van der Waals surface area (Å²) in [6.45, 7) is 0. The molecule has 16 heavy (non-hydrogen) atoms. The molecular formula is C13H9IN2. The number of hydrogen-bond donors (Lipinski definition) is 0. The van der Waals surface area contributed by atoms with Crippen molar-refractivity contribution < 1.29 is 0 Å². The van der Waals surface area contributed by atoms with Gasteiger partial charge in [-0.3, -0.25) is 4.40 Å². The van der Waals surface area contributed by atoms with E-state index in [4.69, 9.17) is 0 Å². The van der Waals surface area contributed by atoms with Crippen molar-refractivity contribution in [2.75, 3.05) is 0 Å². The average Bonchev–Trinajstić information content (AvgIpc) is 2.72. The lowest BCUT2D eigenvalue weighted by molar-refractivity contribution is 1.15. The van der Waals surface area contributed by atoms with Gasteiger partial charge in [-0.15, -0.1) is 0 Å². The standard InChI is InChI=1S/C13H9IN2/c14-12-9-15-13-8-11(6-7-16(12)13)10-4-2-1-3-5-10/h1-9H. The maximum Gasteiger partial charge on any atom is 0.138 e. The van der Waals surface area contributed by atoms with Gasteiger partial charge in [0.2, 0.25) is 0 Å². The second-order valence-electron chi connectivity index (χ2n) is 3.59. The lowest BCUT2D eigenvalue weighted by Crippen LogP contribution is -1.87. The molecule has 0 aliphatic rings. The molecule has 0 aliphatic heterocycles. The average molecular weight is 320 g/mol. The molecule has 3 aromatic rings. The summed E-state index contributed by atoms with van der Waals surface area (Å²) in [5.41, 5.74) is 3.42. The quantitative estimate of drug-likeness (QED) is 0.626. The van der Waals surface area contributed by atoms with Gasteiger partial charge in [-0.25, -0.2) is 4.98 Å². The minimum atomic E-state index is 0.991. The molecule has 0 N–H and O–H groups in total. The summed E-state index contributed by atoms with van der Waals surface area (Å²) >= 11 is 2.28. The van der Waals surface area contributed by atoms with Crippen molar-refractivity contribution >= 4 is 28.2 Å². The lowest BCUT2D eigenvalue weighted by Gasteiger charge is -2.02. The third-order valence-electron chi connectivity index (χ3n) is 2.58. The van der Waals surface area contributed by atoms with Crippen LogP contribution in [0.2, 0.25) is 0 Å². The zero-order valence-corrected chi connectivity index (χ0v) is 10.6. The Hall–Kier alpha value is -1.36. The van der Waals surface area contributed by atoms with Crippen LogP contribution < -0.4 is 0 Å². The molecule has 2 nitrogen and oxygen atoms in total. The molecule has 0 radical (unpaired) electrons. The molecule has 0 saturated carbocycles. The van der Waals surface area contributed by atoms with Gasteiger partial charge in [-0.2, -0.15) is 0 Å². The van der Waals surface area contributed by atoms with E-state index in [2.05, 4.69) is 74.6 Å². The van der Waals surface area contributed by atoms with Crippen molar-refractivity contribution in [3.63, 3.8) is 0 Å². The molecule has 0 spiro atoms. The first-order valence-corrected chi connectivity index (χ1v) is 6.10. The summed E-state index contributed by atoms with van der Waals surface area (Å²) in [5, 5.41) is 0. The Kier molecular flexibility index (Phi) is 2.40. The van der Waals surface area contributed by atoms with Crippen LogP contribution in [0.3, 0.4) is 0 Å². The van der Waals surface area contributed by atoms with Crippen LogP contribution in [-0.4, -0.2) is 9.38 Å². The topological polar surface area (TPSA) is 17.3 Å². The number of rotatable bonds is 1. The highest BCUT2D eigenvalue weighted by molar-refractivity contribution is 14.1. The number of nitrogens with zero attached hydrogens (tertiary/aromatic N) is 2. The fourth-order valence-corrected chi connectivity index (χ4v) is 2.31. The monoisotopic (exact) mass is 320 g/mol. The molecule has 0 saturated heterocycles. The minimum Gasteiger partial charge on any atom is -0.295 e. The third-order valence-corrected chi connectivity index (χ3v) is 3.37. The van der Waals surface area contributed by atoms with Crippen molar-refractivity contribution in [3.05, 3.63) is 58.6 Å². The molecule has 3 heteroatoms. The fourth-order valence-electron chi connectivity index (χ4n) is 1.76. The maximum atomic E-state index is 4.36. The van der Waals surface area contributed by atoms with Gasteiger partial charge in [-0.1, -0.05) is 30.3 Å². The molecular weight excluding hydrogens is 311 g/mol. The van der Waals surface area contributed by atoms with Crippen LogP contribution in [-0.2, 0) is 0 Å². The molecule has 0 atom stereocenters. The normalized spacial score (nSPS) is 10.8. The first kappa shape index (κ1) is 9.84. The number of pyridine rings is 1. The van der Waals surface area contributed by atoms with Crippen molar-refractivity contribution in [2.24, 2.45) is 0 Å². The molecule has 2 heterocycles. The highest BCUT2D eigenvalue weighted by Crippen LogP contribution is 2.21. The van der Waals surface area contributed by atoms with E-state index < -0.39 is 0 Å². The summed E-state index contributed by atoms with van der Waals surface area (Å²) in [4.78, 5) is 4.36. The largest absolute Gasteiger partial charge is 0.295 e. The Bertz CT molecular complexity index is 629. The molecule has 1 aromatic carbocycles. The molecule has 0 unspecified atom stereocenters. The highest BCUT2D eigenvalue weighted by atomic mass is 127. The van der Waals surface area contributed by atoms with Crippen molar-refractivity contribution in [3.8, 4) is 11.1 Å². The molecule has 3 rings (SSSR count). The van der Waals surface area contributed by atoms with Crippen LogP contribution in [0.15, 0.2) is 54.9 Å². The highest BCUT2D eigenvalue weighted by Gasteiger charge is 2.02. The first-order valence-electron chi connectivity index (χ1n) is 5.02. The zero-order chi connectivity index (χ0) is 11.0. The number of fused-ring (bicyclic) bond motifs is 1. The number of hydrogen-bond acceptors (Lipinski definition) is 1. The van der Waals surface area contributed by atoms with Crippen molar-refractivity contribution in [2.45, 2.75) is 0 Å². The molecule has 0 fully saturated rings. The summed E-state index contributed by atoms with van der Waals surface area (Å²) in [6.07, 6.45) is 3.94. The van der Waals surface area contributed by atoms with E-state index in [-0.39, 0.29) is 0 Å². The molecule has 2 aromatic heterocycles. The van der Waals surface area contributed by atoms with Gasteiger partial charge < -0.3 is 0 Å². The van der Waals surface area contributed by atoms with Gasteiger partial charge in [-0.05, 0) is 45.9 Å². The Morgan fingerprint density at radius 3 is 2.62 bits per heavy atom. The van der Waals surface area contributed by atoms with E-state index in [9.17, 15) is 0 Å². The van der Waals surface area contributed by atoms with Crippen molar-refractivity contribution in [1.82, 2.24) is 9.38 Å². The van der Waals surface area contributed by atoms with Crippen LogP contribution >= 0.6 is 22.6 Å². The fraction of sp³-hybridized carbons (Fsp3) is 0. The van der Waals surface area contributed by atoms with E-state index in [0.717, 1.165) is 9.35 Å². The second kappa shape index (κ2) is 3.90.